The summed E-state index contributed by atoms with van der Waals surface area (Å²) < 4.78 is 5.96. The Balaban J connectivity index is 2.10. The molecule has 2 rings (SSSR count). The van der Waals surface area contributed by atoms with E-state index in [2.05, 4.69) is 24.3 Å². The summed E-state index contributed by atoms with van der Waals surface area (Å²) in [5, 5.41) is 9.05. The van der Waals surface area contributed by atoms with Crippen LogP contribution in [-0.2, 0) is 13.0 Å². The van der Waals surface area contributed by atoms with Gasteiger partial charge in [-0.1, -0.05) is 42.5 Å². The predicted molar refractivity (Wildman–Crippen MR) is 85.5 cm³/mol. The molecule has 0 aliphatic heterocycles. The molecule has 0 heterocycles. The second-order valence-electron chi connectivity index (χ2n) is 5.48. The molecule has 2 aromatic carbocycles. The van der Waals surface area contributed by atoms with Crippen LogP contribution in [0.25, 0.3) is 0 Å². The molecule has 0 aliphatic carbocycles. The molecule has 0 aliphatic rings. The van der Waals surface area contributed by atoms with Crippen molar-refractivity contribution in [3.05, 3.63) is 64.7 Å². The third-order valence-corrected chi connectivity index (χ3v) is 3.48. The summed E-state index contributed by atoms with van der Waals surface area (Å²) >= 11 is 0. The van der Waals surface area contributed by atoms with E-state index in [0.29, 0.717) is 13.0 Å². The van der Waals surface area contributed by atoms with Crippen LogP contribution in [0.15, 0.2) is 42.5 Å². The summed E-state index contributed by atoms with van der Waals surface area (Å²) in [6, 6.07) is 14.1. The fourth-order valence-corrected chi connectivity index (χ4v) is 2.48. The number of ether oxygens (including phenoxy) is 1. The highest BCUT2D eigenvalue weighted by molar-refractivity contribution is 5.43. The third-order valence-electron chi connectivity index (χ3n) is 3.48. The van der Waals surface area contributed by atoms with Crippen molar-refractivity contribution in [3.8, 4) is 5.75 Å². The summed E-state index contributed by atoms with van der Waals surface area (Å²) in [5.74, 6) is 0.931. The molecule has 0 bridgehead atoms. The highest BCUT2D eigenvalue weighted by atomic mass is 16.5. The summed E-state index contributed by atoms with van der Waals surface area (Å²) in [7, 11) is 0. The van der Waals surface area contributed by atoms with Crippen LogP contribution in [0.3, 0.4) is 0 Å². The number of nitrogens with two attached hydrogens (primary N) is 1. The van der Waals surface area contributed by atoms with Crippen molar-refractivity contribution in [1.29, 1.82) is 0 Å². The van der Waals surface area contributed by atoms with Gasteiger partial charge in [0.25, 0.3) is 0 Å². The zero-order chi connectivity index (χ0) is 15.2. The lowest BCUT2D eigenvalue weighted by Crippen LogP contribution is -2.26. The SMILES string of the molecule is Cc1cc(CC(N)CO)cc(C)c1OCc1ccccc1. The maximum Gasteiger partial charge on any atom is 0.125 e. The number of aryl methyl sites for hydroxylation is 2. The van der Waals surface area contributed by atoms with Crippen LogP contribution in [-0.4, -0.2) is 17.8 Å². The fraction of sp³-hybridized carbons (Fsp3) is 0.333. The number of benzene rings is 2. The molecule has 0 amide bonds. The van der Waals surface area contributed by atoms with E-state index in [1.165, 1.54) is 0 Å². The molecule has 3 N–H and O–H groups in total. The van der Waals surface area contributed by atoms with E-state index in [4.69, 9.17) is 15.6 Å². The molecule has 0 spiro atoms. The van der Waals surface area contributed by atoms with Crippen molar-refractivity contribution in [3.63, 3.8) is 0 Å². The van der Waals surface area contributed by atoms with Crippen LogP contribution in [0.4, 0.5) is 0 Å². The highest BCUT2D eigenvalue weighted by Gasteiger charge is 2.09. The first-order valence-electron chi connectivity index (χ1n) is 7.23. The van der Waals surface area contributed by atoms with E-state index in [1.807, 2.05) is 32.0 Å². The molecule has 2 aromatic rings. The standard InChI is InChI=1S/C18H23NO2/c1-13-8-16(10-17(19)11-20)9-14(2)18(13)21-12-15-6-4-3-5-7-15/h3-9,17,20H,10-12,19H2,1-2H3. The highest BCUT2D eigenvalue weighted by Crippen LogP contribution is 2.26. The summed E-state index contributed by atoms with van der Waals surface area (Å²) in [4.78, 5) is 0. The Kier molecular flexibility index (Phi) is 5.37. The van der Waals surface area contributed by atoms with Crippen LogP contribution in [0.1, 0.15) is 22.3 Å². The first kappa shape index (κ1) is 15.5. The number of rotatable bonds is 6. The number of aliphatic hydroxyl groups is 1. The fourth-order valence-electron chi connectivity index (χ4n) is 2.48. The second-order valence-corrected chi connectivity index (χ2v) is 5.48. The van der Waals surface area contributed by atoms with Crippen molar-refractivity contribution in [2.75, 3.05) is 6.61 Å². The van der Waals surface area contributed by atoms with Crippen molar-refractivity contribution < 1.29 is 9.84 Å². The summed E-state index contributed by atoms with van der Waals surface area (Å²) in [6.45, 7) is 4.66. The quantitative estimate of drug-likeness (QED) is 0.858. The van der Waals surface area contributed by atoms with E-state index in [9.17, 15) is 0 Å². The number of aliphatic hydroxyl groups excluding tert-OH is 1. The molecule has 21 heavy (non-hydrogen) atoms. The van der Waals surface area contributed by atoms with Crippen molar-refractivity contribution >= 4 is 0 Å². The van der Waals surface area contributed by atoms with Gasteiger partial charge in [0.2, 0.25) is 0 Å². The molecular formula is C18H23NO2. The largest absolute Gasteiger partial charge is 0.488 e. The first-order valence-corrected chi connectivity index (χ1v) is 7.23. The second kappa shape index (κ2) is 7.25. The van der Waals surface area contributed by atoms with Crippen LogP contribution in [0.2, 0.25) is 0 Å². The Bertz CT molecular complexity index is 558. The van der Waals surface area contributed by atoms with E-state index >= 15 is 0 Å². The molecule has 0 saturated carbocycles. The predicted octanol–water partition coefficient (Wildman–Crippen LogP) is 2.74. The Labute approximate surface area is 126 Å². The Morgan fingerprint density at radius 2 is 1.67 bits per heavy atom. The topological polar surface area (TPSA) is 55.5 Å². The average Bonchev–Trinajstić information content (AvgIpc) is 2.47. The lowest BCUT2D eigenvalue weighted by atomic mass is 10.0. The zero-order valence-electron chi connectivity index (χ0n) is 12.7. The molecule has 0 aromatic heterocycles. The van der Waals surface area contributed by atoms with Crippen molar-refractivity contribution in [2.45, 2.75) is 32.9 Å². The van der Waals surface area contributed by atoms with Gasteiger partial charge in [-0.25, -0.2) is 0 Å². The van der Waals surface area contributed by atoms with Gasteiger partial charge >= 0.3 is 0 Å². The maximum atomic E-state index is 9.05. The lowest BCUT2D eigenvalue weighted by molar-refractivity contribution is 0.265. The van der Waals surface area contributed by atoms with Crippen molar-refractivity contribution in [2.24, 2.45) is 5.73 Å². The van der Waals surface area contributed by atoms with Gasteiger partial charge in [0.15, 0.2) is 0 Å². The van der Waals surface area contributed by atoms with Crippen LogP contribution in [0.5, 0.6) is 5.75 Å². The van der Waals surface area contributed by atoms with E-state index in [-0.39, 0.29) is 12.6 Å². The van der Waals surface area contributed by atoms with Gasteiger partial charge in [-0.3, -0.25) is 0 Å². The zero-order valence-corrected chi connectivity index (χ0v) is 12.7. The normalized spacial score (nSPS) is 12.2. The van der Waals surface area contributed by atoms with Gasteiger partial charge in [-0.05, 0) is 42.5 Å². The molecule has 1 atom stereocenters. The smallest absolute Gasteiger partial charge is 0.125 e. The van der Waals surface area contributed by atoms with Gasteiger partial charge in [-0.15, -0.1) is 0 Å². The molecule has 0 saturated heterocycles. The number of hydrogen-bond acceptors (Lipinski definition) is 3. The van der Waals surface area contributed by atoms with E-state index < -0.39 is 0 Å². The molecule has 0 radical (unpaired) electrons. The van der Waals surface area contributed by atoms with Gasteiger partial charge in [0.1, 0.15) is 12.4 Å². The molecule has 3 heteroatoms. The van der Waals surface area contributed by atoms with Gasteiger partial charge in [0, 0.05) is 6.04 Å². The molecule has 1 unspecified atom stereocenters. The summed E-state index contributed by atoms with van der Waals surface area (Å²) in [5.41, 5.74) is 10.3. The van der Waals surface area contributed by atoms with Gasteiger partial charge < -0.3 is 15.6 Å². The van der Waals surface area contributed by atoms with Gasteiger partial charge in [-0.2, -0.15) is 0 Å². The van der Waals surface area contributed by atoms with Gasteiger partial charge in [0.05, 0.1) is 6.61 Å². The van der Waals surface area contributed by atoms with E-state index in [0.717, 1.165) is 28.0 Å². The molecular weight excluding hydrogens is 262 g/mol. The Hall–Kier alpha value is -1.84. The lowest BCUT2D eigenvalue weighted by Gasteiger charge is -2.15. The van der Waals surface area contributed by atoms with Crippen molar-refractivity contribution in [1.82, 2.24) is 0 Å². The average molecular weight is 285 g/mol. The summed E-state index contributed by atoms with van der Waals surface area (Å²) in [6.07, 6.45) is 0.678. The van der Waals surface area contributed by atoms with E-state index in [1.54, 1.807) is 0 Å². The third kappa shape index (κ3) is 4.31. The minimum Gasteiger partial charge on any atom is -0.488 e. The number of hydrogen-bond donors (Lipinski definition) is 2. The maximum absolute atomic E-state index is 9.05. The minimum atomic E-state index is -0.208. The monoisotopic (exact) mass is 285 g/mol. The van der Waals surface area contributed by atoms with Crippen LogP contribution < -0.4 is 10.5 Å². The minimum absolute atomic E-state index is 0.00432. The Morgan fingerprint density at radius 3 is 2.24 bits per heavy atom. The first-order chi connectivity index (χ1) is 10.1. The van der Waals surface area contributed by atoms with Crippen LogP contribution >= 0.6 is 0 Å². The van der Waals surface area contributed by atoms with Crippen LogP contribution in [0, 0.1) is 13.8 Å². The molecule has 0 fully saturated rings. The molecule has 112 valence electrons. The Morgan fingerprint density at radius 1 is 1.05 bits per heavy atom. The molecule has 3 nitrogen and oxygen atoms in total.